The summed E-state index contributed by atoms with van der Waals surface area (Å²) in [4.78, 5) is 12.4. The van der Waals surface area contributed by atoms with Gasteiger partial charge in [0, 0.05) is 23.1 Å². The van der Waals surface area contributed by atoms with Crippen LogP contribution in [-0.2, 0) is 6.54 Å². The maximum absolute atomic E-state index is 15.4. The first-order chi connectivity index (χ1) is 31.0. The molecule has 3 nitrogen and oxygen atoms in total. The molecule has 0 fully saturated rings. The molecule has 1 heterocycles. The Labute approximate surface area is 354 Å². The minimum Gasteiger partial charge on any atom is -0.497 e. The van der Waals surface area contributed by atoms with Crippen LogP contribution >= 0.6 is 0 Å². The van der Waals surface area contributed by atoms with Crippen LogP contribution in [0.25, 0.3) is 10.9 Å². The number of carbonyl (C=O) groups is 1. The second kappa shape index (κ2) is 18.0. The molecule has 24 heteroatoms. The number of para-hydroxylation sites is 1. The van der Waals surface area contributed by atoms with Crippen molar-refractivity contribution in [2.24, 2.45) is 0 Å². The van der Waals surface area contributed by atoms with Crippen molar-refractivity contribution < 1.29 is 102 Å². The number of aromatic nitrogens is 1. The van der Waals surface area contributed by atoms with Gasteiger partial charge in [-0.05, 0) is 36.4 Å². The van der Waals surface area contributed by atoms with Crippen LogP contribution in [0.1, 0.15) is 10.4 Å². The van der Waals surface area contributed by atoms with Gasteiger partial charge >= 0.3 is 0 Å². The van der Waals surface area contributed by atoms with E-state index in [1.54, 1.807) is 31.4 Å². The molecular formula is C42H16BF20NO2. The molecule has 6 aromatic carbocycles. The Hall–Kier alpha value is -7.14. The number of ketones is 1. The molecule has 0 saturated carbocycles. The number of Topliss-reactive ketones (excluding diaryl/α,β-unsaturated/α-hetero) is 1. The molecule has 1 aromatic heterocycles. The number of rotatable bonds is 8. The summed E-state index contributed by atoms with van der Waals surface area (Å²) in [6.07, 6.45) is -5.28. The summed E-state index contributed by atoms with van der Waals surface area (Å²) in [5.74, 6) is -70.6. The molecule has 0 saturated heterocycles. The summed E-state index contributed by atoms with van der Waals surface area (Å²) >= 11 is 0. The second-order valence-corrected chi connectivity index (χ2v) is 13.6. The zero-order valence-electron chi connectivity index (χ0n) is 32.0. The van der Waals surface area contributed by atoms with Crippen LogP contribution in [0.5, 0.6) is 5.75 Å². The standard InChI is InChI=1S/C24BF20.C18H16NO2/c26-5-1(6(27)14(35)21(42)13(5)34)25(2-7(28)15(36)22(43)16(37)8(2)29,3-9(30)17(38)23(44)18(39)10(3)31)4-11(32)19(40)24(45)20(41)12(4)33;1-21-16-10-8-15(9-11-16)18(20)13-19-12-4-6-14-5-2-3-7-17(14)19/h;2-12H,13H2,1H3/q-1;+1. The number of halogens is 20. The lowest BCUT2D eigenvalue weighted by Gasteiger charge is -2.44. The number of benzene rings is 6. The van der Waals surface area contributed by atoms with E-state index in [0.29, 0.717) is 12.1 Å². The van der Waals surface area contributed by atoms with Crippen LogP contribution in [0.4, 0.5) is 87.8 Å². The zero-order chi connectivity index (χ0) is 49.0. The summed E-state index contributed by atoms with van der Waals surface area (Å²) in [5, 5.41) is 1.13. The molecule has 0 N–H and O–H groups in total. The van der Waals surface area contributed by atoms with E-state index < -0.39 is 144 Å². The van der Waals surface area contributed by atoms with Crippen molar-refractivity contribution in [2.75, 3.05) is 7.11 Å². The van der Waals surface area contributed by atoms with Crippen molar-refractivity contribution in [1.82, 2.24) is 0 Å². The Morgan fingerprint density at radius 2 is 0.697 bits per heavy atom. The van der Waals surface area contributed by atoms with Crippen molar-refractivity contribution in [3.05, 3.63) is 189 Å². The average Bonchev–Trinajstić information content (AvgIpc) is 3.31. The van der Waals surface area contributed by atoms with E-state index in [4.69, 9.17) is 4.74 Å². The molecule has 0 radical (unpaired) electrons. The molecule has 0 spiro atoms. The molecule has 0 unspecified atom stereocenters. The quantitative estimate of drug-likeness (QED) is 0.0381. The Morgan fingerprint density at radius 1 is 0.409 bits per heavy atom. The number of carbonyl (C=O) groups excluding carboxylic acids is 1. The summed E-state index contributed by atoms with van der Waals surface area (Å²) < 4.78 is 301. The summed E-state index contributed by atoms with van der Waals surface area (Å²) in [7, 11) is 1.61. The highest BCUT2D eigenvalue weighted by Crippen LogP contribution is 2.31. The minimum absolute atomic E-state index is 0.0824. The maximum Gasteiger partial charge on any atom is 0.227 e. The third-order valence-corrected chi connectivity index (χ3v) is 10.2. The molecule has 0 aliphatic carbocycles. The highest BCUT2D eigenvalue weighted by Gasteiger charge is 2.52. The van der Waals surface area contributed by atoms with Crippen molar-refractivity contribution in [2.45, 2.75) is 6.54 Å². The van der Waals surface area contributed by atoms with Crippen molar-refractivity contribution in [3.8, 4) is 5.75 Å². The van der Waals surface area contributed by atoms with Crippen LogP contribution < -0.4 is 31.2 Å². The van der Waals surface area contributed by atoms with E-state index in [2.05, 4.69) is 0 Å². The van der Waals surface area contributed by atoms with Gasteiger partial charge in [0.25, 0.3) is 0 Å². The van der Waals surface area contributed by atoms with Gasteiger partial charge in [-0.25, -0.2) is 87.8 Å². The smallest absolute Gasteiger partial charge is 0.227 e. The van der Waals surface area contributed by atoms with Gasteiger partial charge in [-0.2, -0.15) is 4.57 Å². The molecule has 0 bridgehead atoms. The Balaban J connectivity index is 0.000000284. The fourth-order valence-electron chi connectivity index (χ4n) is 7.26. The summed E-state index contributed by atoms with van der Waals surface area (Å²) in [5.41, 5.74) is -12.6. The largest absolute Gasteiger partial charge is 0.497 e. The predicted octanol–water partition coefficient (Wildman–Crippen LogP) is 8.86. The van der Waals surface area contributed by atoms with Gasteiger partial charge in [-0.1, -0.05) is 12.1 Å². The predicted molar refractivity (Wildman–Crippen MR) is 191 cm³/mol. The molecule has 66 heavy (non-hydrogen) atoms. The number of hydrogen-bond acceptors (Lipinski definition) is 2. The Kier molecular flexibility index (Phi) is 13.2. The topological polar surface area (TPSA) is 30.2 Å². The highest BCUT2D eigenvalue weighted by atomic mass is 19.2. The van der Waals surface area contributed by atoms with Crippen LogP contribution in [0, 0.1) is 116 Å². The van der Waals surface area contributed by atoms with Crippen LogP contribution in [0.15, 0.2) is 66.9 Å². The molecule has 0 atom stereocenters. The molecule has 0 aliphatic heterocycles. The van der Waals surface area contributed by atoms with Gasteiger partial charge in [0.2, 0.25) is 17.8 Å². The van der Waals surface area contributed by atoms with Gasteiger partial charge in [-0.15, -0.1) is 21.9 Å². The van der Waals surface area contributed by atoms with E-state index in [-0.39, 0.29) is 5.78 Å². The second-order valence-electron chi connectivity index (χ2n) is 13.6. The fourth-order valence-corrected chi connectivity index (χ4v) is 7.26. The molecular weight excluding hydrogens is 941 g/mol. The lowest BCUT2D eigenvalue weighted by atomic mass is 9.12. The SMILES string of the molecule is COc1ccc(C(=O)C[n+]2cccc3ccccc32)cc1.Fc1c(F)c(F)c([B-](c2c(F)c(F)c(F)c(F)c2F)(c2c(F)c(F)c(F)c(F)c2F)c2c(F)c(F)c(F)c(F)c2F)c(F)c1F. The van der Waals surface area contributed by atoms with E-state index in [0.717, 1.165) is 16.7 Å². The van der Waals surface area contributed by atoms with Crippen LogP contribution in [0.3, 0.4) is 0 Å². The third kappa shape index (κ3) is 7.50. The number of hydrogen-bond donors (Lipinski definition) is 0. The number of ether oxygens (including phenoxy) is 1. The zero-order valence-corrected chi connectivity index (χ0v) is 32.0. The molecule has 0 amide bonds. The normalized spacial score (nSPS) is 11.5. The van der Waals surface area contributed by atoms with E-state index in [1.807, 2.05) is 47.2 Å². The molecule has 7 aromatic rings. The van der Waals surface area contributed by atoms with Crippen molar-refractivity contribution in [3.63, 3.8) is 0 Å². The van der Waals surface area contributed by atoms with Crippen molar-refractivity contribution in [1.29, 1.82) is 0 Å². The van der Waals surface area contributed by atoms with E-state index in [1.165, 1.54) is 0 Å². The Bertz CT molecular complexity index is 2740. The summed E-state index contributed by atoms with van der Waals surface area (Å²) in [6, 6.07) is 19.3. The highest BCUT2D eigenvalue weighted by molar-refractivity contribution is 7.20. The maximum atomic E-state index is 15.4. The summed E-state index contributed by atoms with van der Waals surface area (Å²) in [6.45, 7) is 0.327. The first-order valence-corrected chi connectivity index (χ1v) is 17.8. The van der Waals surface area contributed by atoms with Gasteiger partial charge in [0.15, 0.2) is 76.0 Å². The first kappa shape index (κ1) is 48.3. The van der Waals surface area contributed by atoms with Gasteiger partial charge in [-0.3, -0.25) is 4.79 Å². The Morgan fingerprint density at radius 3 is 1.02 bits per heavy atom. The number of pyridine rings is 1. The first-order valence-electron chi connectivity index (χ1n) is 17.8. The van der Waals surface area contributed by atoms with Crippen molar-refractivity contribution >= 4 is 44.7 Å². The molecule has 344 valence electrons. The van der Waals surface area contributed by atoms with Gasteiger partial charge in [0.05, 0.1) is 7.11 Å². The molecule has 7 rings (SSSR count). The van der Waals surface area contributed by atoms with Crippen LogP contribution in [-0.4, -0.2) is 19.0 Å². The van der Waals surface area contributed by atoms with E-state index >= 15 is 35.1 Å². The van der Waals surface area contributed by atoms with Gasteiger partial charge < -0.3 is 4.74 Å². The number of fused-ring (bicyclic) bond motifs is 1. The monoisotopic (exact) mass is 957 g/mol. The average molecular weight is 957 g/mol. The number of nitrogens with zero attached hydrogens (tertiary/aromatic N) is 1. The number of methoxy groups -OCH3 is 1. The van der Waals surface area contributed by atoms with Crippen LogP contribution in [0.2, 0.25) is 0 Å². The van der Waals surface area contributed by atoms with Gasteiger partial charge in [0.1, 0.15) is 58.4 Å². The minimum atomic E-state index is -7.22. The third-order valence-electron chi connectivity index (χ3n) is 10.2. The van der Waals surface area contributed by atoms with E-state index in [9.17, 15) is 57.5 Å². The fraction of sp³-hybridized carbons (Fsp3) is 0.0476. The lowest BCUT2D eigenvalue weighted by molar-refractivity contribution is -0.657. The lowest BCUT2D eigenvalue weighted by Crippen LogP contribution is -2.81. The molecule has 0 aliphatic rings.